The van der Waals surface area contributed by atoms with Crippen molar-refractivity contribution in [1.82, 2.24) is 14.9 Å². The molecule has 0 spiro atoms. The van der Waals surface area contributed by atoms with Crippen molar-refractivity contribution < 1.29 is 4.79 Å². The minimum absolute atomic E-state index is 0.0285. The number of carbonyl (C=O) groups excluding carboxylic acids is 1. The smallest absolute Gasteiger partial charge is 0.267 e. The Morgan fingerprint density at radius 3 is 2.86 bits per heavy atom. The zero-order valence-corrected chi connectivity index (χ0v) is 17.7. The van der Waals surface area contributed by atoms with Crippen LogP contribution in [-0.4, -0.2) is 27.3 Å². The van der Waals surface area contributed by atoms with Crippen LogP contribution in [0, 0.1) is 0 Å². The first-order valence-corrected chi connectivity index (χ1v) is 11.4. The normalized spacial score (nSPS) is 14.2. The molecule has 0 unspecified atom stereocenters. The van der Waals surface area contributed by atoms with Crippen LogP contribution < -0.4 is 10.9 Å². The van der Waals surface area contributed by atoms with Gasteiger partial charge in [-0.2, -0.15) is 0 Å². The van der Waals surface area contributed by atoms with Gasteiger partial charge in [0, 0.05) is 11.4 Å². The Balaban J connectivity index is 1.83. The van der Waals surface area contributed by atoms with E-state index in [1.165, 1.54) is 22.2 Å². The lowest BCUT2D eigenvalue weighted by Gasteiger charge is -2.16. The Hall–Kier alpha value is -2.12. The maximum absolute atomic E-state index is 13.5. The first kappa shape index (κ1) is 19.2. The summed E-state index contributed by atoms with van der Waals surface area (Å²) >= 11 is 2.97. The minimum atomic E-state index is -0.335. The number of amides is 1. The molecule has 1 amide bonds. The molecule has 2 heterocycles. The topological polar surface area (TPSA) is 64.0 Å². The van der Waals surface area contributed by atoms with E-state index in [0.717, 1.165) is 41.6 Å². The largest absolute Gasteiger partial charge is 0.355 e. The highest BCUT2D eigenvalue weighted by atomic mass is 32.2. The monoisotopic (exact) mass is 413 g/mol. The van der Waals surface area contributed by atoms with Gasteiger partial charge in [0.05, 0.1) is 16.3 Å². The zero-order chi connectivity index (χ0) is 19.7. The van der Waals surface area contributed by atoms with E-state index in [0.29, 0.717) is 11.7 Å². The maximum Gasteiger partial charge on any atom is 0.267 e. The van der Waals surface area contributed by atoms with Crippen molar-refractivity contribution in [3.63, 3.8) is 0 Å². The fourth-order valence-corrected chi connectivity index (χ4v) is 5.77. The molecule has 1 aliphatic carbocycles. The van der Waals surface area contributed by atoms with Crippen molar-refractivity contribution in [3.05, 3.63) is 51.1 Å². The first-order valence-electron chi connectivity index (χ1n) is 9.67. The zero-order valence-electron chi connectivity index (χ0n) is 16.0. The molecule has 0 saturated carbocycles. The summed E-state index contributed by atoms with van der Waals surface area (Å²) < 4.78 is 1.67. The molecule has 4 rings (SSSR count). The van der Waals surface area contributed by atoms with Crippen molar-refractivity contribution >= 4 is 39.2 Å². The van der Waals surface area contributed by atoms with Crippen LogP contribution in [-0.2, 0) is 17.6 Å². The van der Waals surface area contributed by atoms with Crippen LogP contribution in [0.4, 0.5) is 0 Å². The van der Waals surface area contributed by atoms with Gasteiger partial charge < -0.3 is 5.32 Å². The molecule has 0 aliphatic heterocycles. The van der Waals surface area contributed by atoms with Crippen LogP contribution in [0.3, 0.4) is 0 Å². The number of fused-ring (bicyclic) bond motifs is 3. The summed E-state index contributed by atoms with van der Waals surface area (Å²) in [5.41, 5.74) is 1.93. The van der Waals surface area contributed by atoms with Crippen LogP contribution in [0.1, 0.15) is 37.1 Å². The lowest BCUT2D eigenvalue weighted by atomic mass is 10.2. The van der Waals surface area contributed by atoms with Crippen LogP contribution in [0.25, 0.3) is 15.9 Å². The molecule has 28 heavy (non-hydrogen) atoms. The fraction of sp³-hybridized carbons (Fsp3) is 0.381. The molecule has 146 valence electrons. The molecule has 0 fully saturated rings. The van der Waals surface area contributed by atoms with E-state index in [1.54, 1.807) is 15.9 Å². The number of carbonyl (C=O) groups is 1. The molecule has 5 nitrogen and oxygen atoms in total. The van der Waals surface area contributed by atoms with Crippen molar-refractivity contribution in [1.29, 1.82) is 0 Å². The van der Waals surface area contributed by atoms with Crippen LogP contribution in [0.2, 0.25) is 0 Å². The van der Waals surface area contributed by atoms with E-state index in [4.69, 9.17) is 4.98 Å². The lowest BCUT2D eigenvalue weighted by Crippen LogP contribution is -2.32. The SMILES string of the molecule is CCCNC(=O)[C@@H](C)Sc1nc2sc3c(c2c(=O)n1-c1ccccc1)CCC3. The van der Waals surface area contributed by atoms with Crippen molar-refractivity contribution in [2.75, 3.05) is 6.54 Å². The molecule has 1 aliphatic rings. The molecule has 0 saturated heterocycles. The van der Waals surface area contributed by atoms with E-state index < -0.39 is 0 Å². The lowest BCUT2D eigenvalue weighted by molar-refractivity contribution is -0.120. The number of para-hydroxylation sites is 1. The van der Waals surface area contributed by atoms with Gasteiger partial charge >= 0.3 is 0 Å². The number of hydrogen-bond donors (Lipinski definition) is 1. The second kappa shape index (κ2) is 8.09. The number of nitrogens with one attached hydrogen (secondary N) is 1. The van der Waals surface area contributed by atoms with Gasteiger partial charge in [0.2, 0.25) is 5.91 Å². The second-order valence-electron chi connectivity index (χ2n) is 6.96. The van der Waals surface area contributed by atoms with Crippen LogP contribution in [0.15, 0.2) is 40.3 Å². The highest BCUT2D eigenvalue weighted by molar-refractivity contribution is 8.00. The average molecular weight is 414 g/mol. The van der Waals surface area contributed by atoms with Crippen molar-refractivity contribution in [3.8, 4) is 5.69 Å². The summed E-state index contributed by atoms with van der Waals surface area (Å²) in [7, 11) is 0. The molecule has 2 aromatic heterocycles. The van der Waals surface area contributed by atoms with Gasteiger partial charge in [-0.15, -0.1) is 11.3 Å². The molecule has 7 heteroatoms. The number of hydrogen-bond acceptors (Lipinski definition) is 5. The van der Waals surface area contributed by atoms with Crippen molar-refractivity contribution in [2.24, 2.45) is 0 Å². The van der Waals surface area contributed by atoms with E-state index in [-0.39, 0.29) is 16.7 Å². The van der Waals surface area contributed by atoms with E-state index >= 15 is 0 Å². The first-order chi connectivity index (χ1) is 13.6. The summed E-state index contributed by atoms with van der Waals surface area (Å²) in [5, 5.41) is 3.92. The molecule has 1 atom stereocenters. The van der Waals surface area contributed by atoms with E-state index in [2.05, 4.69) is 5.32 Å². The highest BCUT2D eigenvalue weighted by Gasteiger charge is 2.25. The number of rotatable bonds is 6. The van der Waals surface area contributed by atoms with Gasteiger partial charge in [0.15, 0.2) is 5.16 Å². The third-order valence-corrected chi connectivity index (χ3v) is 7.16. The Kier molecular flexibility index (Phi) is 5.55. The quantitative estimate of drug-likeness (QED) is 0.491. The van der Waals surface area contributed by atoms with Gasteiger partial charge in [-0.3, -0.25) is 14.2 Å². The Bertz CT molecular complexity index is 1070. The average Bonchev–Trinajstić information content (AvgIpc) is 3.27. The molecular formula is C21H23N3O2S2. The summed E-state index contributed by atoms with van der Waals surface area (Å²) in [6, 6.07) is 9.57. The number of nitrogens with zero attached hydrogens (tertiary/aromatic N) is 2. The summed E-state index contributed by atoms with van der Waals surface area (Å²) in [6.07, 6.45) is 3.97. The Morgan fingerprint density at radius 1 is 1.32 bits per heavy atom. The molecule has 1 N–H and O–H groups in total. The summed E-state index contributed by atoms with van der Waals surface area (Å²) in [4.78, 5) is 32.8. The van der Waals surface area contributed by atoms with Gasteiger partial charge in [-0.25, -0.2) is 4.98 Å². The van der Waals surface area contributed by atoms with Gasteiger partial charge in [0.1, 0.15) is 4.83 Å². The standard InChI is InChI=1S/C21H23N3O2S2/c1-3-12-22-18(25)13(2)27-21-23-19-17(15-10-7-11-16(15)28-19)20(26)24(21)14-8-5-4-6-9-14/h4-6,8-9,13H,3,7,10-12H2,1-2H3,(H,22,25)/t13-/m1/s1. The molecule has 0 radical (unpaired) electrons. The molecular weight excluding hydrogens is 390 g/mol. The minimum Gasteiger partial charge on any atom is -0.355 e. The van der Waals surface area contributed by atoms with Gasteiger partial charge in [0.25, 0.3) is 5.56 Å². The predicted octanol–water partition coefficient (Wildman–Crippen LogP) is 3.94. The van der Waals surface area contributed by atoms with Crippen LogP contribution >= 0.6 is 23.1 Å². The number of benzene rings is 1. The van der Waals surface area contributed by atoms with E-state index in [1.807, 2.05) is 44.2 Å². The number of thiophene rings is 1. The van der Waals surface area contributed by atoms with Crippen molar-refractivity contribution in [2.45, 2.75) is 49.9 Å². The van der Waals surface area contributed by atoms with Gasteiger partial charge in [-0.1, -0.05) is 36.9 Å². The Morgan fingerprint density at radius 2 is 2.11 bits per heavy atom. The molecule has 3 aromatic rings. The third-order valence-electron chi connectivity index (χ3n) is 4.92. The van der Waals surface area contributed by atoms with Crippen LogP contribution in [0.5, 0.6) is 0 Å². The number of thioether (sulfide) groups is 1. The Labute approximate surface area is 172 Å². The summed E-state index contributed by atoms with van der Waals surface area (Å²) in [6.45, 7) is 4.53. The fourth-order valence-electron chi connectivity index (χ4n) is 3.51. The molecule has 0 bridgehead atoms. The molecule has 1 aromatic carbocycles. The second-order valence-corrected chi connectivity index (χ2v) is 9.35. The maximum atomic E-state index is 13.5. The number of aryl methyl sites for hydroxylation is 2. The number of aromatic nitrogens is 2. The third kappa shape index (κ3) is 3.49. The predicted molar refractivity (Wildman–Crippen MR) is 116 cm³/mol. The van der Waals surface area contributed by atoms with Gasteiger partial charge in [-0.05, 0) is 50.3 Å². The summed E-state index contributed by atoms with van der Waals surface area (Å²) in [5.74, 6) is -0.0329. The highest BCUT2D eigenvalue weighted by Crippen LogP contribution is 2.36. The van der Waals surface area contributed by atoms with E-state index in [9.17, 15) is 9.59 Å².